The summed E-state index contributed by atoms with van der Waals surface area (Å²) in [6.07, 6.45) is -0.659. The van der Waals surface area contributed by atoms with Crippen LogP contribution in [0.15, 0.2) is 83.4 Å². The van der Waals surface area contributed by atoms with Crippen LogP contribution < -0.4 is 25.0 Å². The molecule has 3 aromatic rings. The van der Waals surface area contributed by atoms with Crippen LogP contribution in [-0.4, -0.2) is 31.8 Å². The first-order chi connectivity index (χ1) is 18.0. The second-order valence-electron chi connectivity index (χ2n) is 8.14. The summed E-state index contributed by atoms with van der Waals surface area (Å²) in [7, 11) is 3.09. The number of methoxy groups -OCH3 is 2. The number of benzene rings is 3. The van der Waals surface area contributed by atoms with Crippen LogP contribution in [0.1, 0.15) is 17.3 Å². The number of amides is 2. The van der Waals surface area contributed by atoms with Gasteiger partial charge in [-0.15, -0.1) is 0 Å². The Hall–Kier alpha value is -4.42. The van der Waals surface area contributed by atoms with Crippen molar-refractivity contribution in [2.75, 3.05) is 30.2 Å². The summed E-state index contributed by atoms with van der Waals surface area (Å²) >= 11 is 1.14. The maximum absolute atomic E-state index is 13.1. The third-order valence-electron chi connectivity index (χ3n) is 5.81. The van der Waals surface area contributed by atoms with Gasteiger partial charge in [0.05, 0.1) is 20.0 Å². The normalized spacial score (nSPS) is 15.0. The number of carbonyl (C=O) groups is 2. The highest BCUT2D eigenvalue weighted by atomic mass is 32.2. The van der Waals surface area contributed by atoms with Crippen molar-refractivity contribution < 1.29 is 19.1 Å². The van der Waals surface area contributed by atoms with Gasteiger partial charge in [0.2, 0.25) is 5.91 Å². The number of hydrogen-bond donors (Lipinski definition) is 2. The van der Waals surface area contributed by atoms with Gasteiger partial charge < -0.3 is 25.0 Å². The van der Waals surface area contributed by atoms with E-state index in [9.17, 15) is 14.9 Å². The van der Waals surface area contributed by atoms with Crippen LogP contribution in [-0.2, 0) is 9.59 Å². The molecule has 0 radical (unpaired) electrons. The highest BCUT2D eigenvalue weighted by Crippen LogP contribution is 2.41. The van der Waals surface area contributed by atoms with Crippen molar-refractivity contribution in [3.63, 3.8) is 0 Å². The number of nitrogens with zero attached hydrogens (tertiary/aromatic N) is 2. The fourth-order valence-electron chi connectivity index (χ4n) is 3.98. The second kappa shape index (κ2) is 11.5. The van der Waals surface area contributed by atoms with Gasteiger partial charge in [-0.05, 0) is 48.4 Å². The molecule has 1 aliphatic rings. The molecule has 1 aliphatic heterocycles. The fourth-order valence-corrected chi connectivity index (χ4v) is 4.95. The van der Waals surface area contributed by atoms with Gasteiger partial charge in [-0.1, -0.05) is 54.2 Å². The molecule has 1 heterocycles. The number of nitriles is 1. The Bertz CT molecular complexity index is 1380. The summed E-state index contributed by atoms with van der Waals surface area (Å²) < 4.78 is 10.8. The van der Waals surface area contributed by atoms with Crippen LogP contribution >= 0.6 is 11.8 Å². The standard InChI is InChI=1S/C28H26N4O4S/c1-18-9-7-8-12-22(18)30-25(33)17-37-28-21(16-29)27(34)31-26(32(28)20-10-5-4-6-11-20)19-13-14-23(35-2)24(15-19)36-3/h4-15,26H,17H2,1-3H3,(H,30,33)(H,31,34)/t26-/m0/s1. The molecule has 0 bridgehead atoms. The van der Waals surface area contributed by atoms with Gasteiger partial charge in [0.1, 0.15) is 22.8 Å². The SMILES string of the molecule is COc1ccc([C@H]2NC(=O)C(C#N)=C(SCC(=O)Nc3ccccc3C)N2c2ccccc2)cc1OC. The smallest absolute Gasteiger partial charge is 0.266 e. The van der Waals surface area contributed by atoms with E-state index in [-0.39, 0.29) is 17.2 Å². The Balaban J connectivity index is 1.71. The molecular weight excluding hydrogens is 488 g/mol. The van der Waals surface area contributed by atoms with Gasteiger partial charge in [0.15, 0.2) is 11.5 Å². The maximum atomic E-state index is 13.1. The number of hydrogen-bond acceptors (Lipinski definition) is 7. The van der Waals surface area contributed by atoms with E-state index in [0.29, 0.717) is 27.8 Å². The monoisotopic (exact) mass is 514 g/mol. The van der Waals surface area contributed by atoms with E-state index in [4.69, 9.17) is 9.47 Å². The Morgan fingerprint density at radius 1 is 1.05 bits per heavy atom. The van der Waals surface area contributed by atoms with E-state index >= 15 is 0 Å². The lowest BCUT2D eigenvalue weighted by Crippen LogP contribution is -2.46. The zero-order chi connectivity index (χ0) is 26.4. The zero-order valence-electron chi connectivity index (χ0n) is 20.6. The largest absolute Gasteiger partial charge is 0.493 e. The maximum Gasteiger partial charge on any atom is 0.266 e. The number of nitrogens with one attached hydrogen (secondary N) is 2. The Labute approximate surface area is 219 Å². The van der Waals surface area contributed by atoms with Gasteiger partial charge in [-0.2, -0.15) is 5.26 Å². The van der Waals surface area contributed by atoms with Gasteiger partial charge in [-0.25, -0.2) is 0 Å². The van der Waals surface area contributed by atoms with E-state index in [2.05, 4.69) is 10.6 Å². The van der Waals surface area contributed by atoms with Crippen molar-refractivity contribution in [3.8, 4) is 17.6 Å². The molecule has 37 heavy (non-hydrogen) atoms. The van der Waals surface area contributed by atoms with E-state index in [1.54, 1.807) is 19.2 Å². The Kier molecular flexibility index (Phi) is 8.01. The number of rotatable bonds is 8. The van der Waals surface area contributed by atoms with Crippen molar-refractivity contribution in [2.45, 2.75) is 13.1 Å². The highest BCUT2D eigenvalue weighted by Gasteiger charge is 2.36. The van der Waals surface area contributed by atoms with Gasteiger partial charge in [0.25, 0.3) is 5.91 Å². The predicted molar refractivity (Wildman–Crippen MR) is 144 cm³/mol. The molecule has 0 aliphatic carbocycles. The summed E-state index contributed by atoms with van der Waals surface area (Å²) in [4.78, 5) is 27.8. The molecule has 0 aromatic heterocycles. The van der Waals surface area contributed by atoms with Crippen LogP contribution in [0.25, 0.3) is 0 Å². The third-order valence-corrected chi connectivity index (χ3v) is 6.90. The topological polar surface area (TPSA) is 104 Å². The molecule has 0 spiro atoms. The first kappa shape index (κ1) is 25.7. The van der Waals surface area contributed by atoms with E-state index in [0.717, 1.165) is 23.0 Å². The third kappa shape index (κ3) is 5.55. The molecule has 4 rings (SSSR count). The minimum Gasteiger partial charge on any atom is -0.493 e. The molecule has 3 aromatic carbocycles. The molecule has 0 saturated heterocycles. The molecule has 1 atom stereocenters. The zero-order valence-corrected chi connectivity index (χ0v) is 21.5. The fraction of sp³-hybridized carbons (Fsp3) is 0.179. The first-order valence-corrected chi connectivity index (χ1v) is 12.4. The molecular formula is C28H26N4O4S. The number of ether oxygens (including phenoxy) is 2. The number of carbonyl (C=O) groups excluding carboxylic acids is 2. The molecule has 9 heteroatoms. The van der Waals surface area contributed by atoms with E-state index < -0.39 is 12.1 Å². The molecule has 2 amide bonds. The van der Waals surface area contributed by atoms with Crippen LogP contribution in [0.4, 0.5) is 11.4 Å². The Morgan fingerprint density at radius 2 is 1.76 bits per heavy atom. The van der Waals surface area contributed by atoms with Crippen LogP contribution in [0, 0.1) is 18.3 Å². The Morgan fingerprint density at radius 3 is 2.43 bits per heavy atom. The van der Waals surface area contributed by atoms with E-state index in [1.807, 2.05) is 78.6 Å². The minimum absolute atomic E-state index is 0.00408. The summed E-state index contributed by atoms with van der Waals surface area (Å²) in [5, 5.41) is 16.1. The predicted octanol–water partition coefficient (Wildman–Crippen LogP) is 4.75. The summed E-state index contributed by atoms with van der Waals surface area (Å²) in [5.74, 6) is 0.297. The second-order valence-corrected chi connectivity index (χ2v) is 9.10. The van der Waals surface area contributed by atoms with Crippen molar-refractivity contribution >= 4 is 35.0 Å². The summed E-state index contributed by atoms with van der Waals surface area (Å²) in [6.45, 7) is 1.91. The molecule has 0 fully saturated rings. The van der Waals surface area contributed by atoms with Crippen molar-refractivity contribution in [2.24, 2.45) is 0 Å². The summed E-state index contributed by atoms with van der Waals surface area (Å²) in [6, 6.07) is 24.3. The van der Waals surface area contributed by atoms with Crippen LogP contribution in [0.2, 0.25) is 0 Å². The van der Waals surface area contributed by atoms with Gasteiger partial charge >= 0.3 is 0 Å². The summed E-state index contributed by atoms with van der Waals surface area (Å²) in [5.41, 5.74) is 3.06. The van der Waals surface area contributed by atoms with Gasteiger partial charge in [-0.3, -0.25) is 9.59 Å². The molecule has 188 valence electrons. The average molecular weight is 515 g/mol. The number of para-hydroxylation sites is 2. The lowest BCUT2D eigenvalue weighted by Gasteiger charge is -2.39. The number of anilines is 2. The first-order valence-electron chi connectivity index (χ1n) is 11.5. The average Bonchev–Trinajstić information content (AvgIpc) is 2.92. The van der Waals surface area contributed by atoms with Gasteiger partial charge in [0, 0.05) is 11.4 Å². The van der Waals surface area contributed by atoms with Crippen LogP contribution in [0.3, 0.4) is 0 Å². The van der Waals surface area contributed by atoms with Crippen molar-refractivity contribution in [1.29, 1.82) is 5.26 Å². The van der Waals surface area contributed by atoms with Crippen molar-refractivity contribution in [3.05, 3.63) is 94.5 Å². The molecule has 0 unspecified atom stereocenters. The minimum atomic E-state index is -0.659. The molecule has 0 saturated carbocycles. The van der Waals surface area contributed by atoms with E-state index in [1.165, 1.54) is 7.11 Å². The van der Waals surface area contributed by atoms with Crippen LogP contribution in [0.5, 0.6) is 11.5 Å². The van der Waals surface area contributed by atoms with Crippen molar-refractivity contribution in [1.82, 2.24) is 5.32 Å². The quantitative estimate of drug-likeness (QED) is 0.447. The molecule has 2 N–H and O–H groups in total. The molecule has 8 nitrogen and oxygen atoms in total. The lowest BCUT2D eigenvalue weighted by atomic mass is 10.1. The number of aryl methyl sites for hydroxylation is 1. The lowest BCUT2D eigenvalue weighted by molar-refractivity contribution is -0.118. The highest BCUT2D eigenvalue weighted by molar-refractivity contribution is 8.03. The number of thioether (sulfide) groups is 1.